The van der Waals surface area contributed by atoms with E-state index in [2.05, 4.69) is 28.3 Å². The molecule has 1 aliphatic heterocycles. The number of hydrogen-bond acceptors (Lipinski definition) is 6. The largest absolute Gasteiger partial charge is 0.481 e. The summed E-state index contributed by atoms with van der Waals surface area (Å²) < 4.78 is 11.2. The highest BCUT2D eigenvalue weighted by atomic mass is 16.5. The van der Waals surface area contributed by atoms with Gasteiger partial charge in [0.2, 0.25) is 0 Å². The lowest BCUT2D eigenvalue weighted by molar-refractivity contribution is -0.140. The minimum Gasteiger partial charge on any atom is -0.481 e. The Morgan fingerprint density at radius 2 is 1.59 bits per heavy atom. The molecule has 2 fully saturated rings. The Morgan fingerprint density at radius 3 is 2.24 bits per heavy atom. The van der Waals surface area contributed by atoms with Gasteiger partial charge in [-0.25, -0.2) is 4.98 Å². The summed E-state index contributed by atoms with van der Waals surface area (Å²) in [4.78, 5) is 18.8. The van der Waals surface area contributed by atoms with E-state index in [1.54, 1.807) is 0 Å². The zero-order valence-corrected chi connectivity index (χ0v) is 20.8. The van der Waals surface area contributed by atoms with Crippen molar-refractivity contribution in [2.24, 2.45) is 0 Å². The molecule has 0 unspecified atom stereocenters. The number of aryl methyl sites for hydroxylation is 1. The standard InChI is InChI=1S/C30H29N3O4/c1-20-26(19-25-3-2-4-27(31-25)33-15-17-36-18-16-33)28(37-32-20)23-7-5-21(6-8-23)22-9-11-24(12-10-22)30(13-14-30)29(34)35/h2-12H,13-19H2,1H3,(H,34,35). The molecular formula is C30H29N3O4. The third-order valence-corrected chi connectivity index (χ3v) is 7.55. The number of benzene rings is 2. The van der Waals surface area contributed by atoms with Crippen molar-refractivity contribution in [3.8, 4) is 22.5 Å². The summed E-state index contributed by atoms with van der Waals surface area (Å²) in [6, 6.07) is 22.3. The third kappa shape index (κ3) is 4.51. The van der Waals surface area contributed by atoms with E-state index < -0.39 is 11.4 Å². The third-order valence-electron chi connectivity index (χ3n) is 7.55. The van der Waals surface area contributed by atoms with Gasteiger partial charge < -0.3 is 19.3 Å². The number of aromatic nitrogens is 2. The number of aliphatic carboxylic acids is 1. The Kier molecular flexibility index (Phi) is 6.00. The fourth-order valence-corrected chi connectivity index (χ4v) is 5.09. The molecule has 1 N–H and O–H groups in total. The van der Waals surface area contributed by atoms with Gasteiger partial charge in [-0.3, -0.25) is 4.79 Å². The lowest BCUT2D eigenvalue weighted by atomic mass is 9.93. The van der Waals surface area contributed by atoms with E-state index in [4.69, 9.17) is 14.2 Å². The molecule has 2 aromatic heterocycles. The number of morpholine rings is 1. The molecule has 0 spiro atoms. The predicted octanol–water partition coefficient (Wildman–Crippen LogP) is 5.26. The van der Waals surface area contributed by atoms with Crippen LogP contribution in [0, 0.1) is 6.92 Å². The number of pyridine rings is 1. The molecule has 7 heteroatoms. The Balaban J connectivity index is 1.21. The molecule has 0 atom stereocenters. The van der Waals surface area contributed by atoms with E-state index in [0.717, 1.165) is 77.1 Å². The van der Waals surface area contributed by atoms with Gasteiger partial charge in [-0.1, -0.05) is 59.8 Å². The maximum atomic E-state index is 11.6. The van der Waals surface area contributed by atoms with Crippen molar-refractivity contribution in [1.82, 2.24) is 10.1 Å². The van der Waals surface area contributed by atoms with Gasteiger partial charge in [-0.2, -0.15) is 0 Å². The van der Waals surface area contributed by atoms with Gasteiger partial charge >= 0.3 is 5.97 Å². The Hall–Kier alpha value is -3.97. The normalized spacial score (nSPS) is 16.5. The molecule has 1 saturated heterocycles. The molecule has 0 amide bonds. The van der Waals surface area contributed by atoms with Crippen LogP contribution >= 0.6 is 0 Å². The maximum absolute atomic E-state index is 11.6. The topological polar surface area (TPSA) is 88.7 Å². The average Bonchev–Trinajstić information content (AvgIpc) is 3.69. The quantitative estimate of drug-likeness (QED) is 0.374. The highest BCUT2D eigenvalue weighted by Gasteiger charge is 2.51. The molecule has 0 bridgehead atoms. The van der Waals surface area contributed by atoms with Crippen LogP contribution in [0.1, 0.15) is 35.4 Å². The highest BCUT2D eigenvalue weighted by Crippen LogP contribution is 2.48. The molecule has 4 aromatic rings. The van der Waals surface area contributed by atoms with Gasteiger partial charge in [-0.15, -0.1) is 0 Å². The number of nitrogens with zero attached hydrogens (tertiary/aromatic N) is 3. The van der Waals surface area contributed by atoms with Crippen LogP contribution in [0.25, 0.3) is 22.5 Å². The summed E-state index contributed by atoms with van der Waals surface area (Å²) in [6.07, 6.45) is 2.06. The Labute approximate surface area is 215 Å². The second-order valence-electron chi connectivity index (χ2n) is 9.88. The second-order valence-corrected chi connectivity index (χ2v) is 9.88. The number of carboxylic acids is 1. The van der Waals surface area contributed by atoms with Crippen molar-refractivity contribution in [1.29, 1.82) is 0 Å². The molecule has 1 saturated carbocycles. The second kappa shape index (κ2) is 9.48. The fraction of sp³-hybridized carbons (Fsp3) is 0.300. The smallest absolute Gasteiger partial charge is 0.314 e. The Bertz CT molecular complexity index is 1420. The number of carboxylic acid groups (broad SMARTS) is 1. The van der Waals surface area contributed by atoms with Crippen LogP contribution < -0.4 is 4.90 Å². The van der Waals surface area contributed by atoms with E-state index in [1.165, 1.54) is 0 Å². The van der Waals surface area contributed by atoms with E-state index in [-0.39, 0.29) is 0 Å². The van der Waals surface area contributed by atoms with Gasteiger partial charge in [0.15, 0.2) is 5.76 Å². The zero-order chi connectivity index (χ0) is 25.4. The van der Waals surface area contributed by atoms with E-state index >= 15 is 0 Å². The summed E-state index contributed by atoms with van der Waals surface area (Å²) in [7, 11) is 0. The number of carbonyl (C=O) groups is 1. The van der Waals surface area contributed by atoms with Crippen LogP contribution in [0.2, 0.25) is 0 Å². The number of rotatable bonds is 7. The fourth-order valence-electron chi connectivity index (χ4n) is 5.09. The molecule has 7 nitrogen and oxygen atoms in total. The Morgan fingerprint density at radius 1 is 0.946 bits per heavy atom. The molecule has 1 aliphatic carbocycles. The molecule has 2 aliphatic rings. The van der Waals surface area contributed by atoms with Crippen LogP contribution in [0.5, 0.6) is 0 Å². The van der Waals surface area contributed by atoms with E-state index in [0.29, 0.717) is 19.3 Å². The molecule has 6 rings (SSSR count). The van der Waals surface area contributed by atoms with Gasteiger partial charge in [-0.05, 0) is 48.6 Å². The van der Waals surface area contributed by atoms with Gasteiger partial charge in [0.05, 0.1) is 24.3 Å². The zero-order valence-electron chi connectivity index (χ0n) is 20.8. The first kappa shape index (κ1) is 23.4. The van der Waals surface area contributed by atoms with Crippen molar-refractivity contribution in [3.05, 3.63) is 89.2 Å². The minimum absolute atomic E-state index is 0.636. The van der Waals surface area contributed by atoms with E-state index in [1.807, 2.05) is 55.5 Å². The van der Waals surface area contributed by atoms with Crippen LogP contribution in [-0.4, -0.2) is 47.5 Å². The molecule has 2 aromatic carbocycles. The van der Waals surface area contributed by atoms with Crippen molar-refractivity contribution in [3.63, 3.8) is 0 Å². The number of ether oxygens (including phenoxy) is 1. The van der Waals surface area contributed by atoms with Crippen molar-refractivity contribution in [2.75, 3.05) is 31.2 Å². The molecule has 188 valence electrons. The van der Waals surface area contributed by atoms with Crippen LogP contribution in [0.4, 0.5) is 5.82 Å². The highest BCUT2D eigenvalue weighted by molar-refractivity contribution is 5.85. The lowest BCUT2D eigenvalue weighted by Gasteiger charge is -2.28. The van der Waals surface area contributed by atoms with Gasteiger partial charge in [0, 0.05) is 36.3 Å². The van der Waals surface area contributed by atoms with Crippen molar-refractivity contribution in [2.45, 2.75) is 31.6 Å². The molecule has 37 heavy (non-hydrogen) atoms. The number of hydrogen-bond donors (Lipinski definition) is 1. The summed E-state index contributed by atoms with van der Waals surface area (Å²) in [5, 5.41) is 13.8. The van der Waals surface area contributed by atoms with Crippen LogP contribution in [0.15, 0.2) is 71.3 Å². The summed E-state index contributed by atoms with van der Waals surface area (Å²) >= 11 is 0. The SMILES string of the molecule is Cc1noc(-c2ccc(-c3ccc(C4(C(=O)O)CC4)cc3)cc2)c1Cc1cccc(N2CCOCC2)n1. The summed E-state index contributed by atoms with van der Waals surface area (Å²) in [5.74, 6) is 1.00. The van der Waals surface area contributed by atoms with Gasteiger partial charge in [0.25, 0.3) is 0 Å². The molecular weight excluding hydrogens is 466 g/mol. The summed E-state index contributed by atoms with van der Waals surface area (Å²) in [5.41, 5.74) is 6.15. The first-order chi connectivity index (χ1) is 18.0. The van der Waals surface area contributed by atoms with E-state index in [9.17, 15) is 9.90 Å². The van der Waals surface area contributed by atoms with Crippen molar-refractivity contribution < 1.29 is 19.2 Å². The lowest BCUT2D eigenvalue weighted by Crippen LogP contribution is -2.36. The predicted molar refractivity (Wildman–Crippen MR) is 141 cm³/mol. The number of anilines is 1. The maximum Gasteiger partial charge on any atom is 0.314 e. The van der Waals surface area contributed by atoms with Crippen LogP contribution in [-0.2, 0) is 21.4 Å². The van der Waals surface area contributed by atoms with Crippen LogP contribution in [0.3, 0.4) is 0 Å². The monoisotopic (exact) mass is 495 g/mol. The van der Waals surface area contributed by atoms with Gasteiger partial charge in [0.1, 0.15) is 5.82 Å². The first-order valence-corrected chi connectivity index (χ1v) is 12.7. The molecule has 0 radical (unpaired) electrons. The first-order valence-electron chi connectivity index (χ1n) is 12.7. The summed E-state index contributed by atoms with van der Waals surface area (Å²) in [6.45, 7) is 5.12. The minimum atomic E-state index is -0.731. The average molecular weight is 496 g/mol. The molecule has 3 heterocycles. The van der Waals surface area contributed by atoms with Crippen molar-refractivity contribution >= 4 is 11.8 Å².